The largest absolute Gasteiger partial charge is 0.349 e. The van der Waals surface area contributed by atoms with Crippen LogP contribution >= 0.6 is 0 Å². The first-order valence-corrected chi connectivity index (χ1v) is 6.46. The lowest BCUT2D eigenvalue weighted by Gasteiger charge is -2.10. The number of Topliss-reactive ketones (excluding diaryl/α,β-unsaturated/α-hetero) is 1. The molecule has 0 spiro atoms. The second-order valence-electron chi connectivity index (χ2n) is 5.06. The fraction of sp³-hybridized carbons (Fsp3) is 0.467. The van der Waals surface area contributed by atoms with Crippen LogP contribution in [0, 0.1) is 13.8 Å². The molecule has 0 fully saturated rings. The molecule has 4 nitrogen and oxygen atoms in total. The number of aryl methyl sites for hydroxylation is 2. The normalized spacial score (nSPS) is 10.6. The van der Waals surface area contributed by atoms with E-state index in [0.717, 1.165) is 24.1 Å². The fourth-order valence-electron chi connectivity index (χ4n) is 1.78. The summed E-state index contributed by atoms with van der Waals surface area (Å²) >= 11 is 0. The van der Waals surface area contributed by atoms with Gasteiger partial charge in [0.2, 0.25) is 5.78 Å². The molecule has 0 heterocycles. The number of rotatable bonds is 6. The molecule has 0 aliphatic rings. The van der Waals surface area contributed by atoms with Crippen LogP contribution in [0.2, 0.25) is 0 Å². The number of benzene rings is 1. The predicted molar refractivity (Wildman–Crippen MR) is 76.4 cm³/mol. The van der Waals surface area contributed by atoms with Gasteiger partial charge in [-0.2, -0.15) is 0 Å². The first-order chi connectivity index (χ1) is 8.91. The van der Waals surface area contributed by atoms with E-state index in [0.29, 0.717) is 12.1 Å². The summed E-state index contributed by atoms with van der Waals surface area (Å²) in [5, 5.41) is 2.67. The van der Waals surface area contributed by atoms with Crippen molar-refractivity contribution < 1.29 is 9.59 Å². The summed E-state index contributed by atoms with van der Waals surface area (Å²) in [6.45, 7) is 5.16. The summed E-state index contributed by atoms with van der Waals surface area (Å²) in [6.07, 6.45) is 0.832. The van der Waals surface area contributed by atoms with E-state index in [4.69, 9.17) is 0 Å². The van der Waals surface area contributed by atoms with E-state index in [1.807, 2.05) is 45.0 Å². The van der Waals surface area contributed by atoms with Crippen molar-refractivity contribution in [2.75, 3.05) is 27.2 Å². The lowest BCUT2D eigenvalue weighted by atomic mass is 10.0. The van der Waals surface area contributed by atoms with Gasteiger partial charge in [-0.15, -0.1) is 0 Å². The van der Waals surface area contributed by atoms with Crippen LogP contribution in [0.4, 0.5) is 0 Å². The van der Waals surface area contributed by atoms with Gasteiger partial charge in [-0.25, -0.2) is 0 Å². The summed E-state index contributed by atoms with van der Waals surface area (Å²) in [5.74, 6) is -0.974. The monoisotopic (exact) mass is 262 g/mol. The van der Waals surface area contributed by atoms with Crippen LogP contribution in [-0.4, -0.2) is 43.8 Å². The summed E-state index contributed by atoms with van der Waals surface area (Å²) in [4.78, 5) is 25.8. The summed E-state index contributed by atoms with van der Waals surface area (Å²) < 4.78 is 0. The van der Waals surface area contributed by atoms with Crippen molar-refractivity contribution in [3.63, 3.8) is 0 Å². The third-order valence-corrected chi connectivity index (χ3v) is 2.91. The molecule has 1 aromatic rings. The minimum atomic E-state index is -0.521. The van der Waals surface area contributed by atoms with Gasteiger partial charge in [-0.3, -0.25) is 9.59 Å². The van der Waals surface area contributed by atoms with Gasteiger partial charge in [0, 0.05) is 12.1 Å². The smallest absolute Gasteiger partial charge is 0.292 e. The first-order valence-electron chi connectivity index (χ1n) is 6.46. The molecule has 0 aliphatic heterocycles. The van der Waals surface area contributed by atoms with Crippen molar-refractivity contribution in [1.82, 2.24) is 10.2 Å². The van der Waals surface area contributed by atoms with Gasteiger partial charge in [0.25, 0.3) is 5.91 Å². The van der Waals surface area contributed by atoms with E-state index in [-0.39, 0.29) is 0 Å². The van der Waals surface area contributed by atoms with Crippen LogP contribution in [0.15, 0.2) is 18.2 Å². The highest BCUT2D eigenvalue weighted by Crippen LogP contribution is 2.11. The highest BCUT2D eigenvalue weighted by atomic mass is 16.2. The van der Waals surface area contributed by atoms with Gasteiger partial charge in [-0.1, -0.05) is 17.7 Å². The van der Waals surface area contributed by atoms with E-state index < -0.39 is 11.7 Å². The number of hydrogen-bond donors (Lipinski definition) is 1. The number of ketones is 1. The highest BCUT2D eigenvalue weighted by Gasteiger charge is 2.17. The zero-order chi connectivity index (χ0) is 14.4. The summed E-state index contributed by atoms with van der Waals surface area (Å²) in [7, 11) is 3.95. The Morgan fingerprint density at radius 2 is 1.89 bits per heavy atom. The lowest BCUT2D eigenvalue weighted by Crippen LogP contribution is -2.33. The molecule has 0 atom stereocenters. The summed E-state index contributed by atoms with van der Waals surface area (Å²) in [5.41, 5.74) is 2.30. The van der Waals surface area contributed by atoms with Crippen LogP contribution in [0.1, 0.15) is 27.9 Å². The lowest BCUT2D eigenvalue weighted by molar-refractivity contribution is -0.117. The van der Waals surface area contributed by atoms with E-state index >= 15 is 0 Å². The van der Waals surface area contributed by atoms with Crippen molar-refractivity contribution in [3.8, 4) is 0 Å². The SMILES string of the molecule is Cc1ccc(C)c(C(=O)C(=O)NCCCN(C)C)c1. The molecule has 0 radical (unpaired) electrons. The predicted octanol–water partition coefficient (Wildman–Crippen LogP) is 1.55. The van der Waals surface area contributed by atoms with Crippen LogP contribution in [0.5, 0.6) is 0 Å². The molecule has 0 aliphatic carbocycles. The molecule has 19 heavy (non-hydrogen) atoms. The minimum Gasteiger partial charge on any atom is -0.349 e. The molecule has 1 N–H and O–H groups in total. The molecule has 4 heteroatoms. The van der Waals surface area contributed by atoms with E-state index in [1.54, 1.807) is 6.07 Å². The van der Waals surface area contributed by atoms with Crippen molar-refractivity contribution in [2.24, 2.45) is 0 Å². The number of nitrogens with one attached hydrogen (secondary N) is 1. The van der Waals surface area contributed by atoms with E-state index in [2.05, 4.69) is 5.32 Å². The Morgan fingerprint density at radius 1 is 1.21 bits per heavy atom. The minimum absolute atomic E-state index is 0.453. The van der Waals surface area contributed by atoms with Gasteiger partial charge in [-0.05, 0) is 52.5 Å². The second kappa shape index (κ2) is 7.04. The van der Waals surface area contributed by atoms with Crippen LogP contribution in [0.3, 0.4) is 0 Å². The third-order valence-electron chi connectivity index (χ3n) is 2.91. The standard InChI is InChI=1S/C15H22N2O2/c1-11-6-7-12(2)13(10-11)14(18)15(19)16-8-5-9-17(3)4/h6-7,10H,5,8-9H2,1-4H3,(H,16,19). The Hall–Kier alpha value is -1.68. The molecule has 0 unspecified atom stereocenters. The second-order valence-corrected chi connectivity index (χ2v) is 5.06. The van der Waals surface area contributed by atoms with Gasteiger partial charge >= 0.3 is 0 Å². The fourth-order valence-corrected chi connectivity index (χ4v) is 1.78. The third kappa shape index (κ3) is 4.83. The average molecular weight is 262 g/mol. The Morgan fingerprint density at radius 3 is 2.53 bits per heavy atom. The van der Waals surface area contributed by atoms with Crippen LogP contribution < -0.4 is 5.32 Å². The summed E-state index contributed by atoms with van der Waals surface area (Å²) in [6, 6.07) is 5.56. The van der Waals surface area contributed by atoms with Crippen molar-refractivity contribution >= 4 is 11.7 Å². The quantitative estimate of drug-likeness (QED) is 0.481. The van der Waals surface area contributed by atoms with Crippen molar-refractivity contribution in [1.29, 1.82) is 0 Å². The molecule has 0 bridgehead atoms. The van der Waals surface area contributed by atoms with E-state index in [1.165, 1.54) is 0 Å². The Labute approximate surface area is 114 Å². The number of hydrogen-bond acceptors (Lipinski definition) is 3. The van der Waals surface area contributed by atoms with Crippen molar-refractivity contribution in [3.05, 3.63) is 34.9 Å². The molecular weight excluding hydrogens is 240 g/mol. The van der Waals surface area contributed by atoms with E-state index in [9.17, 15) is 9.59 Å². The maximum absolute atomic E-state index is 12.0. The maximum Gasteiger partial charge on any atom is 0.292 e. The molecular formula is C15H22N2O2. The van der Waals surface area contributed by atoms with Crippen LogP contribution in [-0.2, 0) is 4.79 Å². The number of nitrogens with zero attached hydrogens (tertiary/aromatic N) is 1. The molecule has 1 amide bonds. The molecule has 0 saturated carbocycles. The van der Waals surface area contributed by atoms with Gasteiger partial charge in [0.1, 0.15) is 0 Å². The Balaban J connectivity index is 2.57. The Bertz CT molecular complexity index is 467. The number of carbonyl (C=O) groups excluding carboxylic acids is 2. The van der Waals surface area contributed by atoms with Gasteiger partial charge in [0.05, 0.1) is 0 Å². The molecule has 0 aromatic heterocycles. The van der Waals surface area contributed by atoms with Crippen molar-refractivity contribution in [2.45, 2.75) is 20.3 Å². The molecule has 1 aromatic carbocycles. The van der Waals surface area contributed by atoms with Gasteiger partial charge in [0.15, 0.2) is 0 Å². The number of carbonyl (C=O) groups is 2. The average Bonchev–Trinajstić information content (AvgIpc) is 2.36. The zero-order valence-electron chi connectivity index (χ0n) is 12.1. The zero-order valence-corrected chi connectivity index (χ0v) is 12.1. The highest BCUT2D eigenvalue weighted by molar-refractivity contribution is 6.43. The first kappa shape index (κ1) is 15.4. The Kier molecular flexibility index (Phi) is 5.70. The molecule has 0 saturated heterocycles. The number of amides is 1. The van der Waals surface area contributed by atoms with Crippen LogP contribution in [0.25, 0.3) is 0 Å². The maximum atomic E-state index is 12.0. The molecule has 1 rings (SSSR count). The molecule has 104 valence electrons. The topological polar surface area (TPSA) is 49.4 Å². The van der Waals surface area contributed by atoms with Gasteiger partial charge < -0.3 is 10.2 Å².